The van der Waals surface area contributed by atoms with E-state index in [0.29, 0.717) is 5.56 Å². The summed E-state index contributed by atoms with van der Waals surface area (Å²) in [6.07, 6.45) is 5.28. The molecule has 2 fully saturated rings. The number of halogens is 1. The normalized spacial score (nSPS) is 24.0. The molecule has 1 aliphatic heterocycles. The second-order valence-corrected chi connectivity index (χ2v) is 6.89. The summed E-state index contributed by atoms with van der Waals surface area (Å²) in [5.74, 6) is -0.0149. The Labute approximate surface area is 142 Å². The maximum absolute atomic E-state index is 13.6. The monoisotopic (exact) mass is 332 g/mol. The molecule has 0 unspecified atom stereocenters. The number of rotatable bonds is 4. The summed E-state index contributed by atoms with van der Waals surface area (Å²) < 4.78 is 13.6. The quantitative estimate of drug-likeness (QED) is 0.922. The molecule has 0 bridgehead atoms. The summed E-state index contributed by atoms with van der Waals surface area (Å²) in [7, 11) is 0. The second kappa shape index (κ2) is 7.77. The summed E-state index contributed by atoms with van der Waals surface area (Å²) in [5.41, 5.74) is 0.503. The van der Waals surface area contributed by atoms with Gasteiger partial charge in [0, 0.05) is 37.0 Å². The van der Waals surface area contributed by atoms with Crippen molar-refractivity contribution in [3.8, 4) is 0 Å². The molecule has 0 aromatic heterocycles. The first-order valence-corrected chi connectivity index (χ1v) is 8.95. The first-order valence-electron chi connectivity index (χ1n) is 8.95. The molecule has 24 heavy (non-hydrogen) atoms. The van der Waals surface area contributed by atoms with Crippen LogP contribution in [0.1, 0.15) is 44.1 Å². The van der Waals surface area contributed by atoms with Crippen molar-refractivity contribution in [2.24, 2.45) is 11.8 Å². The largest absolute Gasteiger partial charge is 0.352 e. The van der Waals surface area contributed by atoms with Gasteiger partial charge in [0.15, 0.2) is 0 Å². The van der Waals surface area contributed by atoms with Crippen molar-refractivity contribution in [2.75, 3.05) is 13.1 Å². The highest BCUT2D eigenvalue weighted by Crippen LogP contribution is 2.31. The van der Waals surface area contributed by atoms with Crippen molar-refractivity contribution in [1.29, 1.82) is 0 Å². The van der Waals surface area contributed by atoms with Crippen molar-refractivity contribution in [2.45, 2.75) is 45.1 Å². The summed E-state index contributed by atoms with van der Waals surface area (Å²) in [4.78, 5) is 26.7. The molecular formula is C19H25FN2O2. The van der Waals surface area contributed by atoms with E-state index in [1.165, 1.54) is 6.07 Å². The molecule has 2 amide bonds. The molecule has 1 heterocycles. The van der Waals surface area contributed by atoms with Gasteiger partial charge in [-0.1, -0.05) is 18.2 Å². The minimum absolute atomic E-state index is 0.0228. The standard InChI is InChI=1S/C19H25FN2O2/c20-17-6-2-1-5-16(17)13-21-18(23)14-7-9-15(10-8-14)19(24)22-11-3-4-12-22/h1-2,5-6,14-15H,3-4,7-13H2,(H,21,23). The molecule has 0 atom stereocenters. The van der Waals surface area contributed by atoms with Gasteiger partial charge in [0.05, 0.1) is 0 Å². The minimum Gasteiger partial charge on any atom is -0.352 e. The first-order chi connectivity index (χ1) is 11.6. The molecule has 2 aliphatic rings. The lowest BCUT2D eigenvalue weighted by Gasteiger charge is -2.29. The van der Waals surface area contributed by atoms with Crippen LogP contribution in [0.2, 0.25) is 0 Å². The van der Waals surface area contributed by atoms with Crippen molar-refractivity contribution in [3.05, 3.63) is 35.6 Å². The Balaban J connectivity index is 1.45. The van der Waals surface area contributed by atoms with E-state index in [2.05, 4.69) is 5.32 Å². The van der Waals surface area contributed by atoms with Gasteiger partial charge >= 0.3 is 0 Å². The molecule has 1 saturated heterocycles. The smallest absolute Gasteiger partial charge is 0.225 e. The Morgan fingerprint density at radius 2 is 1.67 bits per heavy atom. The molecule has 4 nitrogen and oxygen atoms in total. The number of hydrogen-bond donors (Lipinski definition) is 1. The number of likely N-dealkylation sites (tertiary alicyclic amines) is 1. The molecule has 1 aromatic rings. The van der Waals surface area contributed by atoms with Crippen LogP contribution >= 0.6 is 0 Å². The van der Waals surface area contributed by atoms with Crippen molar-refractivity contribution in [3.63, 3.8) is 0 Å². The van der Waals surface area contributed by atoms with Crippen LogP contribution < -0.4 is 5.32 Å². The number of carbonyl (C=O) groups is 2. The van der Waals surface area contributed by atoms with Gasteiger partial charge in [-0.05, 0) is 44.6 Å². The van der Waals surface area contributed by atoms with Gasteiger partial charge in [-0.15, -0.1) is 0 Å². The Morgan fingerprint density at radius 1 is 1.04 bits per heavy atom. The van der Waals surface area contributed by atoms with Crippen LogP contribution in [-0.2, 0) is 16.1 Å². The van der Waals surface area contributed by atoms with Crippen molar-refractivity contribution >= 4 is 11.8 Å². The molecule has 1 aromatic carbocycles. The lowest BCUT2D eigenvalue weighted by molar-refractivity contribution is -0.137. The number of amides is 2. The third-order valence-corrected chi connectivity index (χ3v) is 5.28. The summed E-state index contributed by atoms with van der Waals surface area (Å²) >= 11 is 0. The number of nitrogens with zero attached hydrogens (tertiary/aromatic N) is 1. The zero-order chi connectivity index (χ0) is 16.9. The van der Waals surface area contributed by atoms with Crippen LogP contribution in [0.4, 0.5) is 4.39 Å². The van der Waals surface area contributed by atoms with E-state index < -0.39 is 0 Å². The van der Waals surface area contributed by atoms with E-state index in [0.717, 1.165) is 51.6 Å². The highest BCUT2D eigenvalue weighted by atomic mass is 19.1. The van der Waals surface area contributed by atoms with Gasteiger partial charge in [0.25, 0.3) is 0 Å². The highest BCUT2D eigenvalue weighted by molar-refractivity contribution is 5.81. The maximum Gasteiger partial charge on any atom is 0.225 e. The van der Waals surface area contributed by atoms with E-state index in [1.54, 1.807) is 18.2 Å². The van der Waals surface area contributed by atoms with E-state index in [1.807, 2.05) is 4.90 Å². The topological polar surface area (TPSA) is 49.4 Å². The maximum atomic E-state index is 13.6. The second-order valence-electron chi connectivity index (χ2n) is 6.89. The molecule has 1 aliphatic carbocycles. The average molecular weight is 332 g/mol. The van der Waals surface area contributed by atoms with Gasteiger partial charge in [-0.25, -0.2) is 4.39 Å². The average Bonchev–Trinajstić information content (AvgIpc) is 3.15. The molecule has 3 rings (SSSR count). The predicted molar refractivity (Wildman–Crippen MR) is 89.5 cm³/mol. The lowest BCUT2D eigenvalue weighted by Crippen LogP contribution is -2.38. The van der Waals surface area contributed by atoms with Crippen LogP contribution in [0.3, 0.4) is 0 Å². The fourth-order valence-corrected chi connectivity index (χ4v) is 3.77. The predicted octanol–water partition coefficient (Wildman–Crippen LogP) is 2.87. The van der Waals surface area contributed by atoms with Gasteiger partial charge in [-0.2, -0.15) is 0 Å². The molecule has 1 N–H and O–H groups in total. The number of benzene rings is 1. The Morgan fingerprint density at radius 3 is 2.33 bits per heavy atom. The Hall–Kier alpha value is -1.91. The van der Waals surface area contributed by atoms with Gasteiger partial charge in [-0.3, -0.25) is 9.59 Å². The van der Waals surface area contributed by atoms with Gasteiger partial charge in [0.1, 0.15) is 5.82 Å². The van der Waals surface area contributed by atoms with Crippen LogP contribution in [0.25, 0.3) is 0 Å². The highest BCUT2D eigenvalue weighted by Gasteiger charge is 2.32. The molecule has 130 valence electrons. The Kier molecular flexibility index (Phi) is 5.48. The van der Waals surface area contributed by atoms with Crippen LogP contribution in [-0.4, -0.2) is 29.8 Å². The summed E-state index contributed by atoms with van der Waals surface area (Å²) in [6.45, 7) is 2.00. The van der Waals surface area contributed by atoms with Crippen LogP contribution in [0.15, 0.2) is 24.3 Å². The third-order valence-electron chi connectivity index (χ3n) is 5.28. The molecular weight excluding hydrogens is 307 g/mol. The number of hydrogen-bond acceptors (Lipinski definition) is 2. The van der Waals surface area contributed by atoms with E-state index >= 15 is 0 Å². The summed E-state index contributed by atoms with van der Waals surface area (Å²) in [5, 5.41) is 2.83. The Bertz CT molecular complexity index is 591. The van der Waals surface area contributed by atoms with Crippen LogP contribution in [0, 0.1) is 17.7 Å². The van der Waals surface area contributed by atoms with Crippen molar-refractivity contribution < 1.29 is 14.0 Å². The van der Waals surface area contributed by atoms with Crippen molar-refractivity contribution in [1.82, 2.24) is 10.2 Å². The zero-order valence-corrected chi connectivity index (χ0v) is 14.0. The third kappa shape index (κ3) is 3.94. The van der Waals surface area contributed by atoms with E-state index in [9.17, 15) is 14.0 Å². The molecule has 5 heteroatoms. The van der Waals surface area contributed by atoms with E-state index in [-0.39, 0.29) is 36.0 Å². The fraction of sp³-hybridized carbons (Fsp3) is 0.579. The first kappa shape index (κ1) is 16.9. The summed E-state index contributed by atoms with van der Waals surface area (Å²) in [6, 6.07) is 6.48. The molecule has 0 spiro atoms. The van der Waals surface area contributed by atoms with Gasteiger partial charge < -0.3 is 10.2 Å². The number of carbonyl (C=O) groups excluding carboxylic acids is 2. The van der Waals surface area contributed by atoms with Crippen LogP contribution in [0.5, 0.6) is 0 Å². The van der Waals surface area contributed by atoms with E-state index in [4.69, 9.17) is 0 Å². The molecule has 0 radical (unpaired) electrons. The molecule has 1 saturated carbocycles. The minimum atomic E-state index is -0.294. The number of nitrogens with one attached hydrogen (secondary N) is 1. The SMILES string of the molecule is O=C(NCc1ccccc1F)C1CCC(C(=O)N2CCCC2)CC1. The lowest BCUT2D eigenvalue weighted by atomic mass is 9.81. The van der Waals surface area contributed by atoms with Gasteiger partial charge in [0.2, 0.25) is 11.8 Å². The zero-order valence-electron chi connectivity index (χ0n) is 14.0. The fourth-order valence-electron chi connectivity index (χ4n) is 3.77.